The molecule has 6 aromatic carbocycles. The average molecular weight is 757 g/mol. The van der Waals surface area contributed by atoms with E-state index < -0.39 is 0 Å². The number of fused-ring (bicyclic) bond motifs is 9. The van der Waals surface area contributed by atoms with Crippen LogP contribution in [-0.2, 0) is 21.7 Å². The van der Waals surface area contributed by atoms with Crippen molar-refractivity contribution in [1.29, 1.82) is 10.5 Å². The fourth-order valence-corrected chi connectivity index (χ4v) is 13.3. The Morgan fingerprint density at radius 2 is 0.750 bits per heavy atom. The van der Waals surface area contributed by atoms with Gasteiger partial charge in [0.2, 0.25) is 0 Å². The van der Waals surface area contributed by atoms with Crippen molar-refractivity contribution in [2.24, 2.45) is 0 Å². The molecule has 0 atom stereocenters. The number of hydrogen-bond donors (Lipinski definition) is 0. The van der Waals surface area contributed by atoms with Gasteiger partial charge in [0, 0.05) is 36.7 Å². The summed E-state index contributed by atoms with van der Waals surface area (Å²) < 4.78 is 1.37. The zero-order chi connectivity index (χ0) is 38.8. The van der Waals surface area contributed by atoms with Crippen LogP contribution in [0.25, 0.3) is 9.81 Å². The lowest BCUT2D eigenvalue weighted by Gasteiger charge is -2.26. The second-order valence-electron chi connectivity index (χ2n) is 18.4. The van der Waals surface area contributed by atoms with E-state index in [1.165, 1.54) is 106 Å². The van der Waals surface area contributed by atoms with Crippen molar-refractivity contribution in [3.63, 3.8) is 0 Å². The molecule has 56 heavy (non-hydrogen) atoms. The van der Waals surface area contributed by atoms with Crippen molar-refractivity contribution in [2.75, 3.05) is 0 Å². The van der Waals surface area contributed by atoms with E-state index in [-0.39, 0.29) is 27.2 Å². The monoisotopic (exact) mass is 756 g/mol. The normalized spacial score (nSPS) is 18.0. The van der Waals surface area contributed by atoms with E-state index in [2.05, 4.69) is 159 Å². The molecule has 1 aliphatic heterocycles. The van der Waals surface area contributed by atoms with Gasteiger partial charge in [-0.25, -0.2) is 0 Å². The summed E-state index contributed by atoms with van der Waals surface area (Å²) in [6, 6.07) is 41.3. The first-order chi connectivity index (χ1) is 26.7. The number of thioether (sulfide) groups is 2. The summed E-state index contributed by atoms with van der Waals surface area (Å²) in [5, 5.41) is 31.9. The first kappa shape index (κ1) is 34.0. The molecule has 11 rings (SSSR count). The number of benzene rings is 6. The van der Waals surface area contributed by atoms with Gasteiger partial charge in [0.15, 0.2) is 0 Å². The summed E-state index contributed by atoms with van der Waals surface area (Å²) in [5.74, 6) is 0. The molecule has 0 N–H and O–H groups in total. The molecule has 0 saturated carbocycles. The fourth-order valence-electron chi connectivity index (χ4n) is 10.8. The number of rotatable bonds is 0. The summed E-state index contributed by atoms with van der Waals surface area (Å²) in [6.07, 6.45) is 0. The minimum absolute atomic E-state index is 0.122. The standard InChI is InChI=1S/C52H40N2S2/c1-49(2)38-17-27(29(25-53)26-54)13-15-30(38)32-19-42-34(21-40(32)49)36-23-45-37(24-44(36)51(42,5)6)35-22-41-33(20-43(35)52(45,7)8)31-16-14-28(18-39(31)50(41,3)4)48-55-46-11-9-10-12-47(46)56-48/h9-24H,1-8H3. The van der Waals surface area contributed by atoms with Gasteiger partial charge in [-0.2, -0.15) is 10.5 Å². The van der Waals surface area contributed by atoms with Crippen molar-refractivity contribution in [1.82, 2.24) is 0 Å². The molecule has 0 fully saturated rings. The lowest BCUT2D eigenvalue weighted by atomic mass is 9.77. The first-order valence-electron chi connectivity index (χ1n) is 19.5. The van der Waals surface area contributed by atoms with Crippen LogP contribution in [0.15, 0.2) is 107 Å². The van der Waals surface area contributed by atoms with Gasteiger partial charge in [0.25, 0.3) is 0 Å². The van der Waals surface area contributed by atoms with Crippen molar-refractivity contribution < 1.29 is 0 Å². The minimum Gasteiger partial charge on any atom is -0.192 e. The summed E-state index contributed by atoms with van der Waals surface area (Å²) in [7, 11) is 0. The van der Waals surface area contributed by atoms with Gasteiger partial charge in [-0.1, -0.05) is 115 Å². The molecule has 6 aromatic rings. The third-order valence-corrected chi connectivity index (χ3v) is 16.7. The maximum absolute atomic E-state index is 9.62. The van der Waals surface area contributed by atoms with Gasteiger partial charge in [0.1, 0.15) is 17.7 Å². The molecular weight excluding hydrogens is 717 g/mol. The van der Waals surface area contributed by atoms with Gasteiger partial charge in [-0.15, -0.1) is 0 Å². The van der Waals surface area contributed by atoms with Crippen LogP contribution < -0.4 is 10.4 Å². The molecule has 0 spiro atoms. The highest BCUT2D eigenvalue weighted by atomic mass is 32.2. The molecular formula is C52H40N2S2. The molecule has 4 aliphatic carbocycles. The number of nitrogens with zero attached hydrogens (tertiary/aromatic N) is 2. The highest BCUT2D eigenvalue weighted by molar-refractivity contribution is 8.32. The topological polar surface area (TPSA) is 47.6 Å². The SMILES string of the molecule is CC1(C)c2cc(=C(C#N)C#N)ccc2=c2cc3c(cc21)=c1cc2c(cc1C3(C)C)=c1cc3c(cc1C2(C)C)=c1ccc(=C2Sc4ccccc4S2)cc1C3(C)C. The molecule has 0 amide bonds. The van der Waals surface area contributed by atoms with E-state index >= 15 is 0 Å². The van der Waals surface area contributed by atoms with Gasteiger partial charge < -0.3 is 0 Å². The van der Waals surface area contributed by atoms with Gasteiger partial charge in [-0.05, 0) is 152 Å². The van der Waals surface area contributed by atoms with Crippen LogP contribution in [0.2, 0.25) is 0 Å². The van der Waals surface area contributed by atoms with Gasteiger partial charge in [-0.3, -0.25) is 0 Å². The minimum atomic E-state index is -0.270. The molecule has 5 aliphatic rings. The molecule has 270 valence electrons. The Labute approximate surface area is 334 Å². The van der Waals surface area contributed by atoms with Crippen LogP contribution in [0.5, 0.6) is 0 Å². The van der Waals surface area contributed by atoms with Crippen LogP contribution in [0.1, 0.15) is 99.9 Å². The second-order valence-corrected chi connectivity index (χ2v) is 20.8. The lowest BCUT2D eigenvalue weighted by molar-refractivity contribution is 0.632. The Morgan fingerprint density at radius 1 is 0.411 bits per heavy atom. The van der Waals surface area contributed by atoms with Crippen LogP contribution in [-0.4, -0.2) is 0 Å². The molecule has 1 heterocycles. The van der Waals surface area contributed by atoms with E-state index in [0.29, 0.717) is 5.22 Å². The Bertz CT molecular complexity index is 3520. The molecule has 2 nitrogen and oxygen atoms in total. The van der Waals surface area contributed by atoms with Crippen LogP contribution in [0, 0.1) is 64.4 Å². The summed E-state index contributed by atoms with van der Waals surface area (Å²) in [5.41, 5.74) is 10.3. The molecule has 0 radical (unpaired) electrons. The van der Waals surface area contributed by atoms with Crippen LogP contribution in [0.3, 0.4) is 0 Å². The third-order valence-electron chi connectivity index (χ3n) is 14.1. The second kappa shape index (κ2) is 10.8. The largest absolute Gasteiger partial charge is 0.192 e. The lowest BCUT2D eigenvalue weighted by Crippen LogP contribution is -2.20. The zero-order valence-corrected chi connectivity index (χ0v) is 34.6. The molecule has 0 unspecified atom stereocenters. The Hall–Kier alpha value is -5.26. The summed E-state index contributed by atoms with van der Waals surface area (Å²) >= 11 is 3.80. The van der Waals surface area contributed by atoms with E-state index in [4.69, 9.17) is 0 Å². The highest BCUT2D eigenvalue weighted by Gasteiger charge is 2.40. The van der Waals surface area contributed by atoms with E-state index in [0.717, 1.165) is 0 Å². The molecule has 0 saturated heterocycles. The van der Waals surface area contributed by atoms with Crippen molar-refractivity contribution in [3.8, 4) is 12.1 Å². The number of nitriles is 2. The van der Waals surface area contributed by atoms with E-state index in [1.54, 1.807) is 0 Å². The van der Waals surface area contributed by atoms with E-state index in [1.807, 2.05) is 29.6 Å². The van der Waals surface area contributed by atoms with Crippen molar-refractivity contribution >= 4 is 33.3 Å². The first-order valence-corrected chi connectivity index (χ1v) is 21.2. The van der Waals surface area contributed by atoms with Crippen LogP contribution >= 0.6 is 23.5 Å². The predicted octanol–water partition coefficient (Wildman–Crippen LogP) is 10.6. The molecule has 4 heteroatoms. The van der Waals surface area contributed by atoms with Crippen LogP contribution in [0.4, 0.5) is 0 Å². The maximum atomic E-state index is 9.62. The predicted molar refractivity (Wildman–Crippen MR) is 227 cm³/mol. The Balaban J connectivity index is 1.14. The summed E-state index contributed by atoms with van der Waals surface area (Å²) in [4.78, 5) is 2.70. The van der Waals surface area contributed by atoms with Gasteiger partial charge in [0.05, 0.1) is 4.24 Å². The van der Waals surface area contributed by atoms with E-state index in [9.17, 15) is 10.5 Å². The zero-order valence-electron chi connectivity index (χ0n) is 32.9. The smallest absolute Gasteiger partial charge is 0.136 e. The molecule has 0 aromatic heterocycles. The van der Waals surface area contributed by atoms with Crippen molar-refractivity contribution in [2.45, 2.75) is 86.8 Å². The quantitative estimate of drug-likeness (QED) is 0.155. The Morgan fingerprint density at radius 3 is 1.14 bits per heavy atom. The average Bonchev–Trinajstić information content (AvgIpc) is 3.90. The van der Waals surface area contributed by atoms with Crippen molar-refractivity contribution in [3.05, 3.63) is 194 Å². The summed E-state index contributed by atoms with van der Waals surface area (Å²) in [6.45, 7) is 19.0. The number of hydrogen-bond acceptors (Lipinski definition) is 4. The maximum Gasteiger partial charge on any atom is 0.136 e. The molecule has 0 bridgehead atoms. The Kier molecular flexibility index (Phi) is 6.54. The van der Waals surface area contributed by atoms with Gasteiger partial charge >= 0.3 is 0 Å². The highest BCUT2D eigenvalue weighted by Crippen LogP contribution is 2.52. The fraction of sp³-hybridized carbons (Fsp3) is 0.231. The third kappa shape index (κ3) is 4.14.